The zero-order chi connectivity index (χ0) is 20.9. The predicted octanol–water partition coefficient (Wildman–Crippen LogP) is 1.47. The molecule has 1 saturated heterocycles. The minimum atomic E-state index is -3.13. The minimum Gasteiger partial charge on any atom is -0.452 e. The van der Waals surface area contributed by atoms with Gasteiger partial charge in [0.2, 0.25) is 5.91 Å². The van der Waals surface area contributed by atoms with E-state index in [0.717, 1.165) is 0 Å². The predicted molar refractivity (Wildman–Crippen MR) is 105 cm³/mol. The third-order valence-electron chi connectivity index (χ3n) is 4.28. The van der Waals surface area contributed by atoms with Crippen LogP contribution < -0.4 is 5.32 Å². The van der Waals surface area contributed by atoms with Gasteiger partial charge in [0.05, 0.1) is 17.1 Å². The number of carbonyl (C=O) groups is 3. The van der Waals surface area contributed by atoms with Crippen molar-refractivity contribution in [1.82, 2.24) is 4.90 Å². The van der Waals surface area contributed by atoms with Crippen LogP contribution >= 0.6 is 0 Å². The topological polar surface area (TPSA) is 110 Å². The molecule has 0 aliphatic carbocycles. The van der Waals surface area contributed by atoms with Crippen molar-refractivity contribution in [3.05, 3.63) is 29.8 Å². The number of nitrogens with zero attached hydrogens (tertiary/aromatic N) is 1. The molecule has 1 aliphatic heterocycles. The van der Waals surface area contributed by atoms with E-state index in [1.54, 1.807) is 12.1 Å². The fourth-order valence-corrected chi connectivity index (χ4v) is 4.82. The Bertz CT molecular complexity index is 850. The van der Waals surface area contributed by atoms with Crippen molar-refractivity contribution in [2.24, 2.45) is 5.92 Å². The Morgan fingerprint density at radius 3 is 2.57 bits per heavy atom. The van der Waals surface area contributed by atoms with E-state index < -0.39 is 28.3 Å². The second-order valence-electron chi connectivity index (χ2n) is 7.33. The van der Waals surface area contributed by atoms with Gasteiger partial charge in [0, 0.05) is 25.2 Å². The number of sulfone groups is 1. The van der Waals surface area contributed by atoms with Crippen molar-refractivity contribution in [2.75, 3.05) is 30.0 Å². The van der Waals surface area contributed by atoms with Crippen LogP contribution in [0.2, 0.25) is 0 Å². The van der Waals surface area contributed by atoms with Crippen LogP contribution in [0.25, 0.3) is 0 Å². The summed E-state index contributed by atoms with van der Waals surface area (Å²) in [5.74, 6) is -1.21. The number of anilines is 1. The van der Waals surface area contributed by atoms with Crippen molar-refractivity contribution in [3.63, 3.8) is 0 Å². The standard InChI is InChI=1S/C19H26N2O6S/c1-13(2)10-21(17-7-8-28(25,26)12-17)18(23)11-27-19(24)15-5-4-6-16(9-15)20-14(3)22/h4-6,9,13,17H,7-8,10-12H2,1-3H3,(H,20,22)/t17-/m1/s1. The fraction of sp³-hybridized carbons (Fsp3) is 0.526. The van der Waals surface area contributed by atoms with Crippen LogP contribution in [0.1, 0.15) is 37.6 Å². The molecule has 0 radical (unpaired) electrons. The molecule has 1 N–H and O–H groups in total. The quantitative estimate of drug-likeness (QED) is 0.682. The van der Waals surface area contributed by atoms with E-state index in [0.29, 0.717) is 18.7 Å². The fourth-order valence-electron chi connectivity index (χ4n) is 3.09. The zero-order valence-corrected chi connectivity index (χ0v) is 17.1. The molecule has 1 aromatic rings. The summed E-state index contributed by atoms with van der Waals surface area (Å²) in [6.45, 7) is 5.16. The molecule has 0 bridgehead atoms. The van der Waals surface area contributed by atoms with Crippen molar-refractivity contribution in [2.45, 2.75) is 33.2 Å². The first kappa shape index (κ1) is 21.9. The van der Waals surface area contributed by atoms with Crippen molar-refractivity contribution in [1.29, 1.82) is 0 Å². The van der Waals surface area contributed by atoms with Crippen LogP contribution in [0.3, 0.4) is 0 Å². The summed E-state index contributed by atoms with van der Waals surface area (Å²) in [6, 6.07) is 5.82. The maximum atomic E-state index is 12.6. The van der Waals surface area contributed by atoms with Gasteiger partial charge >= 0.3 is 5.97 Å². The summed E-state index contributed by atoms with van der Waals surface area (Å²) < 4.78 is 28.7. The molecule has 154 valence electrons. The van der Waals surface area contributed by atoms with Crippen molar-refractivity contribution < 1.29 is 27.5 Å². The average molecular weight is 410 g/mol. The first-order chi connectivity index (χ1) is 13.1. The third kappa shape index (κ3) is 6.33. The number of hydrogen-bond donors (Lipinski definition) is 1. The van der Waals surface area contributed by atoms with Crippen LogP contribution in [0.5, 0.6) is 0 Å². The highest BCUT2D eigenvalue weighted by molar-refractivity contribution is 7.91. The molecule has 1 atom stereocenters. The Morgan fingerprint density at radius 2 is 2.00 bits per heavy atom. The van der Waals surface area contributed by atoms with Crippen LogP contribution in [0.15, 0.2) is 24.3 Å². The summed E-state index contributed by atoms with van der Waals surface area (Å²) in [5.41, 5.74) is 0.656. The molecule has 28 heavy (non-hydrogen) atoms. The number of esters is 1. The molecule has 8 nitrogen and oxygen atoms in total. The van der Waals surface area contributed by atoms with Crippen LogP contribution in [-0.2, 0) is 24.2 Å². The third-order valence-corrected chi connectivity index (χ3v) is 6.03. The van der Waals surface area contributed by atoms with Gasteiger partial charge in [-0.15, -0.1) is 0 Å². The molecular weight excluding hydrogens is 384 g/mol. The highest BCUT2D eigenvalue weighted by Crippen LogP contribution is 2.19. The van der Waals surface area contributed by atoms with Crippen molar-refractivity contribution >= 4 is 33.3 Å². The number of ether oxygens (including phenoxy) is 1. The molecule has 1 heterocycles. The number of nitrogens with one attached hydrogen (secondary N) is 1. The monoisotopic (exact) mass is 410 g/mol. The van der Waals surface area contributed by atoms with E-state index in [1.165, 1.54) is 24.0 Å². The molecule has 1 aromatic carbocycles. The number of carbonyl (C=O) groups excluding carboxylic acids is 3. The smallest absolute Gasteiger partial charge is 0.338 e. The lowest BCUT2D eigenvalue weighted by atomic mass is 10.1. The molecule has 1 fully saturated rings. The summed E-state index contributed by atoms with van der Waals surface area (Å²) in [6.07, 6.45) is 0.396. The lowest BCUT2D eigenvalue weighted by Crippen LogP contribution is -2.45. The lowest BCUT2D eigenvalue weighted by molar-refractivity contribution is -0.137. The molecule has 2 amide bonds. The van der Waals surface area contributed by atoms with Gasteiger partial charge in [-0.25, -0.2) is 13.2 Å². The molecule has 0 unspecified atom stereocenters. The van der Waals surface area contributed by atoms with Crippen LogP contribution in [-0.4, -0.2) is 61.8 Å². The molecule has 2 rings (SSSR count). The average Bonchev–Trinajstić information content (AvgIpc) is 2.96. The second kappa shape index (κ2) is 9.18. The first-order valence-corrected chi connectivity index (χ1v) is 10.9. The molecule has 1 aliphatic rings. The van der Waals surface area contributed by atoms with Gasteiger partial charge < -0.3 is 15.0 Å². The highest BCUT2D eigenvalue weighted by atomic mass is 32.2. The maximum Gasteiger partial charge on any atom is 0.338 e. The van der Waals surface area contributed by atoms with Gasteiger partial charge in [-0.3, -0.25) is 9.59 Å². The SMILES string of the molecule is CC(=O)Nc1cccc(C(=O)OCC(=O)N(CC(C)C)[C@@H]2CCS(=O)(=O)C2)c1. The van der Waals surface area contributed by atoms with Crippen LogP contribution in [0.4, 0.5) is 5.69 Å². The summed E-state index contributed by atoms with van der Waals surface area (Å²) in [7, 11) is -3.13. The Morgan fingerprint density at radius 1 is 1.29 bits per heavy atom. The molecule has 0 saturated carbocycles. The van der Waals surface area contributed by atoms with Gasteiger partial charge in [0.1, 0.15) is 0 Å². The first-order valence-electron chi connectivity index (χ1n) is 9.12. The Hall–Kier alpha value is -2.42. The van der Waals surface area contributed by atoms with E-state index in [4.69, 9.17) is 4.74 Å². The van der Waals surface area contributed by atoms with E-state index in [2.05, 4.69) is 5.32 Å². The van der Waals surface area contributed by atoms with Crippen LogP contribution in [0, 0.1) is 5.92 Å². The molecule has 9 heteroatoms. The van der Waals surface area contributed by atoms with Gasteiger partial charge in [-0.2, -0.15) is 0 Å². The van der Waals surface area contributed by atoms with Gasteiger partial charge in [-0.05, 0) is 30.5 Å². The highest BCUT2D eigenvalue weighted by Gasteiger charge is 2.35. The number of hydrogen-bond acceptors (Lipinski definition) is 6. The molecular formula is C19H26N2O6S. The maximum absolute atomic E-state index is 12.6. The minimum absolute atomic E-state index is 0.0574. The molecule has 0 aromatic heterocycles. The van der Waals surface area contributed by atoms with E-state index in [9.17, 15) is 22.8 Å². The summed E-state index contributed by atoms with van der Waals surface area (Å²) >= 11 is 0. The van der Waals surface area contributed by atoms with Crippen molar-refractivity contribution in [3.8, 4) is 0 Å². The Kier molecular flexibility index (Phi) is 7.17. The molecule has 0 spiro atoms. The van der Waals surface area contributed by atoms with E-state index in [1.807, 2.05) is 13.8 Å². The van der Waals surface area contributed by atoms with E-state index >= 15 is 0 Å². The Labute approximate surface area is 165 Å². The zero-order valence-electron chi connectivity index (χ0n) is 16.3. The summed E-state index contributed by atoms with van der Waals surface area (Å²) in [4.78, 5) is 37.5. The number of amides is 2. The summed E-state index contributed by atoms with van der Waals surface area (Å²) in [5, 5.41) is 2.57. The number of benzene rings is 1. The van der Waals surface area contributed by atoms with Gasteiger partial charge in [0.15, 0.2) is 16.4 Å². The number of rotatable bonds is 7. The lowest BCUT2D eigenvalue weighted by Gasteiger charge is -2.29. The normalized spacial score (nSPS) is 17.9. The van der Waals surface area contributed by atoms with Gasteiger partial charge in [0.25, 0.3) is 5.91 Å². The van der Waals surface area contributed by atoms with E-state index in [-0.39, 0.29) is 34.9 Å². The van der Waals surface area contributed by atoms with Gasteiger partial charge in [-0.1, -0.05) is 19.9 Å². The Balaban J connectivity index is 2.01. The largest absolute Gasteiger partial charge is 0.452 e. The second-order valence-corrected chi connectivity index (χ2v) is 9.56.